The molecule has 0 N–H and O–H groups in total. The van der Waals surface area contributed by atoms with Gasteiger partial charge in [-0.1, -0.05) is 115 Å². The second-order valence-corrected chi connectivity index (χ2v) is 13.8. The van der Waals surface area contributed by atoms with Gasteiger partial charge >= 0.3 is 0 Å². The van der Waals surface area contributed by atoms with Crippen LogP contribution in [0.15, 0.2) is 162 Å². The highest BCUT2D eigenvalue weighted by Crippen LogP contribution is 2.45. The molecule has 0 fully saturated rings. The van der Waals surface area contributed by atoms with E-state index in [-0.39, 0.29) is 0 Å². The Morgan fingerprint density at radius 3 is 1.94 bits per heavy atom. The second kappa shape index (κ2) is 10.1. The first-order valence-electron chi connectivity index (χ1n) is 16.5. The topological polar surface area (TPSA) is 31.0 Å². The van der Waals surface area contributed by atoms with Crippen molar-refractivity contribution in [3.8, 4) is 28.3 Å². The van der Waals surface area contributed by atoms with Gasteiger partial charge in [0.1, 0.15) is 5.52 Å². The lowest BCUT2D eigenvalue weighted by Crippen LogP contribution is -1.96. The summed E-state index contributed by atoms with van der Waals surface area (Å²) in [6, 6.07) is 56.5. The minimum Gasteiger partial charge on any atom is -0.435 e. The van der Waals surface area contributed by atoms with Gasteiger partial charge in [-0.15, -0.1) is 11.3 Å². The average Bonchev–Trinajstić information content (AvgIpc) is 3.86. The molecular weight excluding hydrogens is 617 g/mol. The Balaban J connectivity index is 1.19. The third-order valence-electron chi connectivity index (χ3n) is 10.0. The van der Waals surface area contributed by atoms with Gasteiger partial charge in [0.05, 0.1) is 16.7 Å². The van der Waals surface area contributed by atoms with Gasteiger partial charge in [0, 0.05) is 47.5 Å². The maximum Gasteiger partial charge on any atom is 0.227 e. The van der Waals surface area contributed by atoms with E-state index in [1.807, 2.05) is 11.3 Å². The molecule has 0 aliphatic heterocycles. The van der Waals surface area contributed by atoms with Crippen molar-refractivity contribution in [1.82, 2.24) is 9.55 Å². The van der Waals surface area contributed by atoms with E-state index < -0.39 is 0 Å². The number of rotatable bonds is 3. The van der Waals surface area contributed by atoms with E-state index >= 15 is 0 Å². The van der Waals surface area contributed by atoms with Crippen LogP contribution >= 0.6 is 11.3 Å². The highest BCUT2D eigenvalue weighted by Gasteiger charge is 2.22. The van der Waals surface area contributed by atoms with Crippen LogP contribution in [0.25, 0.3) is 103 Å². The molecule has 0 radical (unpaired) electrons. The fraction of sp³-hybridized carbons (Fsp3) is 0. The summed E-state index contributed by atoms with van der Waals surface area (Å²) < 4.78 is 11.8. The van der Waals surface area contributed by atoms with Crippen molar-refractivity contribution < 1.29 is 4.42 Å². The number of benzene rings is 8. The van der Waals surface area contributed by atoms with Gasteiger partial charge in [0.2, 0.25) is 5.89 Å². The molecule has 0 aliphatic carbocycles. The van der Waals surface area contributed by atoms with Crippen LogP contribution in [0, 0.1) is 0 Å². The average molecular weight is 643 g/mol. The van der Waals surface area contributed by atoms with Crippen molar-refractivity contribution in [2.45, 2.75) is 0 Å². The van der Waals surface area contributed by atoms with Gasteiger partial charge in [-0.25, -0.2) is 4.98 Å². The van der Waals surface area contributed by atoms with Gasteiger partial charge in [-0.05, 0) is 64.2 Å². The van der Waals surface area contributed by atoms with Crippen molar-refractivity contribution in [1.29, 1.82) is 0 Å². The van der Waals surface area contributed by atoms with Crippen molar-refractivity contribution in [3.63, 3.8) is 0 Å². The maximum absolute atomic E-state index is 6.94. The molecule has 0 spiro atoms. The van der Waals surface area contributed by atoms with Crippen LogP contribution in [-0.2, 0) is 0 Å². The zero-order valence-corrected chi connectivity index (χ0v) is 27.0. The SMILES string of the molecule is c1ccc2cc(-c3cc4sc5ccccc5c4c4nc(-c5ccc(-n6c7ccccc7c7ccccc76)c6ccccc56)oc34)ccc2c1. The summed E-state index contributed by atoms with van der Waals surface area (Å²) in [6.07, 6.45) is 0. The molecule has 11 aromatic rings. The number of aromatic nitrogens is 2. The largest absolute Gasteiger partial charge is 0.435 e. The quantitative estimate of drug-likeness (QED) is 0.192. The summed E-state index contributed by atoms with van der Waals surface area (Å²) in [5.74, 6) is 0.629. The minimum absolute atomic E-state index is 0.629. The second-order valence-electron chi connectivity index (χ2n) is 12.7. The predicted octanol–water partition coefficient (Wildman–Crippen LogP) is 12.9. The molecule has 0 unspecified atom stereocenters. The zero-order chi connectivity index (χ0) is 32.1. The fourth-order valence-electron chi connectivity index (χ4n) is 7.81. The third kappa shape index (κ3) is 3.86. The van der Waals surface area contributed by atoms with Crippen molar-refractivity contribution >= 4 is 86.0 Å². The predicted molar refractivity (Wildman–Crippen MR) is 207 cm³/mol. The fourth-order valence-corrected chi connectivity index (χ4v) is 8.96. The summed E-state index contributed by atoms with van der Waals surface area (Å²) in [4.78, 5) is 5.36. The zero-order valence-electron chi connectivity index (χ0n) is 26.2. The number of thiophene rings is 1. The first-order valence-corrected chi connectivity index (χ1v) is 17.4. The maximum atomic E-state index is 6.94. The number of fused-ring (bicyclic) bond motifs is 10. The lowest BCUT2D eigenvalue weighted by molar-refractivity contribution is 0.621. The molecule has 3 aromatic heterocycles. The summed E-state index contributed by atoms with van der Waals surface area (Å²) in [6.45, 7) is 0. The smallest absolute Gasteiger partial charge is 0.227 e. The van der Waals surface area contributed by atoms with E-state index in [0.717, 1.165) is 49.6 Å². The van der Waals surface area contributed by atoms with Crippen molar-refractivity contribution in [2.24, 2.45) is 0 Å². The van der Waals surface area contributed by atoms with Crippen LogP contribution in [0.4, 0.5) is 0 Å². The van der Waals surface area contributed by atoms with E-state index in [0.29, 0.717) is 5.89 Å². The van der Waals surface area contributed by atoms with Crippen LogP contribution in [-0.4, -0.2) is 9.55 Å². The van der Waals surface area contributed by atoms with Crippen LogP contribution < -0.4 is 0 Å². The van der Waals surface area contributed by atoms with E-state index in [1.165, 1.54) is 47.4 Å². The molecule has 0 bridgehead atoms. The standard InChI is InChI=1S/C45H26N2OS/c1-2-12-28-25-29(22-21-27(28)11-1)36-26-41-42(35-17-7-10-20-40(35)49-41)43-44(36)48-45(46-43)34-23-24-39(31-14-4-3-13-30(31)34)47-37-18-8-5-15-32(37)33-16-6-9-19-38(33)47/h1-26H. The molecule has 0 amide bonds. The van der Waals surface area contributed by atoms with Crippen LogP contribution in [0.2, 0.25) is 0 Å². The Kier molecular flexibility index (Phi) is 5.54. The van der Waals surface area contributed by atoms with Crippen LogP contribution in [0.1, 0.15) is 0 Å². The van der Waals surface area contributed by atoms with Gasteiger partial charge in [-0.2, -0.15) is 0 Å². The van der Waals surface area contributed by atoms with E-state index in [4.69, 9.17) is 9.40 Å². The number of para-hydroxylation sites is 2. The number of nitrogens with zero attached hydrogens (tertiary/aromatic N) is 2. The Hall–Kier alpha value is -6.23. The van der Waals surface area contributed by atoms with Gasteiger partial charge < -0.3 is 8.98 Å². The van der Waals surface area contributed by atoms with Crippen molar-refractivity contribution in [3.05, 3.63) is 158 Å². The molecule has 11 rings (SSSR count). The first kappa shape index (κ1) is 26.8. The van der Waals surface area contributed by atoms with E-state index in [9.17, 15) is 0 Å². The Labute approximate surface area is 284 Å². The summed E-state index contributed by atoms with van der Waals surface area (Å²) in [5, 5.41) is 9.54. The lowest BCUT2D eigenvalue weighted by atomic mass is 9.99. The molecule has 0 aliphatic rings. The molecule has 228 valence electrons. The molecule has 0 saturated heterocycles. The summed E-state index contributed by atoms with van der Waals surface area (Å²) in [7, 11) is 0. The normalized spacial score (nSPS) is 12.1. The molecule has 4 heteroatoms. The molecule has 8 aromatic carbocycles. The Morgan fingerprint density at radius 1 is 0.490 bits per heavy atom. The van der Waals surface area contributed by atoms with Gasteiger partial charge in [0.25, 0.3) is 0 Å². The molecule has 0 atom stereocenters. The van der Waals surface area contributed by atoms with E-state index in [2.05, 4.69) is 162 Å². The molecular formula is C45H26N2OS. The van der Waals surface area contributed by atoms with Crippen LogP contribution in [0.3, 0.4) is 0 Å². The first-order chi connectivity index (χ1) is 24.3. The minimum atomic E-state index is 0.629. The molecule has 3 heterocycles. The Morgan fingerprint density at radius 2 is 1.14 bits per heavy atom. The number of hydrogen-bond donors (Lipinski definition) is 0. The van der Waals surface area contributed by atoms with Gasteiger partial charge in [0.15, 0.2) is 5.58 Å². The monoisotopic (exact) mass is 642 g/mol. The summed E-state index contributed by atoms with van der Waals surface area (Å²) in [5.41, 5.74) is 8.40. The summed E-state index contributed by atoms with van der Waals surface area (Å²) >= 11 is 1.81. The van der Waals surface area contributed by atoms with Crippen LogP contribution in [0.5, 0.6) is 0 Å². The van der Waals surface area contributed by atoms with E-state index in [1.54, 1.807) is 0 Å². The highest BCUT2D eigenvalue weighted by molar-refractivity contribution is 7.26. The molecule has 0 saturated carbocycles. The van der Waals surface area contributed by atoms with Gasteiger partial charge in [-0.3, -0.25) is 0 Å². The molecule has 3 nitrogen and oxygen atoms in total. The Bertz CT molecular complexity index is 3070. The lowest BCUT2D eigenvalue weighted by Gasteiger charge is -2.13. The third-order valence-corrected chi connectivity index (χ3v) is 11.1. The highest BCUT2D eigenvalue weighted by atomic mass is 32.1. The molecule has 49 heavy (non-hydrogen) atoms. The van der Waals surface area contributed by atoms with Crippen molar-refractivity contribution in [2.75, 3.05) is 0 Å². The number of oxazole rings is 1. The number of hydrogen-bond acceptors (Lipinski definition) is 3.